The smallest absolute Gasteiger partial charge is 0.0384 e. The molecule has 0 aliphatic heterocycles. The van der Waals surface area contributed by atoms with E-state index in [1.54, 1.807) is 5.56 Å². The zero-order chi connectivity index (χ0) is 18.6. The van der Waals surface area contributed by atoms with Crippen LogP contribution in [0.2, 0.25) is 0 Å². The summed E-state index contributed by atoms with van der Waals surface area (Å²) < 4.78 is 0. The average Bonchev–Trinajstić information content (AvgIpc) is 3.14. The minimum atomic E-state index is 0.517. The molecule has 1 heteroatoms. The summed E-state index contributed by atoms with van der Waals surface area (Å²) in [5.74, 6) is 2.98. The molecule has 1 nitrogen and oxygen atoms in total. The van der Waals surface area contributed by atoms with Crippen LogP contribution in [0.4, 0.5) is 11.4 Å². The van der Waals surface area contributed by atoms with Crippen molar-refractivity contribution in [2.24, 2.45) is 17.8 Å². The molecule has 0 spiro atoms. The first-order chi connectivity index (χ1) is 13.8. The van der Waals surface area contributed by atoms with Crippen LogP contribution in [0.5, 0.6) is 0 Å². The summed E-state index contributed by atoms with van der Waals surface area (Å²) in [5, 5.41) is 3.58. The van der Waals surface area contributed by atoms with Gasteiger partial charge in [-0.05, 0) is 96.2 Å². The van der Waals surface area contributed by atoms with Crippen LogP contribution in [0.15, 0.2) is 78.9 Å². The fraction of sp³-hybridized carbons (Fsp3) is 0.333. The highest BCUT2D eigenvalue weighted by Gasteiger charge is 2.58. The van der Waals surface area contributed by atoms with Crippen LogP contribution in [0.1, 0.15) is 37.7 Å². The van der Waals surface area contributed by atoms with Crippen LogP contribution in [-0.2, 0) is 5.41 Å². The third kappa shape index (κ3) is 2.60. The summed E-state index contributed by atoms with van der Waals surface area (Å²) in [4.78, 5) is 0. The fourth-order valence-corrected chi connectivity index (χ4v) is 6.70. The summed E-state index contributed by atoms with van der Waals surface area (Å²) in [6.07, 6.45) is 7.38. The molecule has 0 saturated heterocycles. The molecular weight excluding hydrogens is 338 g/mol. The second-order valence-corrected chi connectivity index (χ2v) is 9.35. The van der Waals surface area contributed by atoms with Crippen molar-refractivity contribution < 1.29 is 0 Å². The number of hydrogen-bond donors (Lipinski definition) is 1. The Hall–Kier alpha value is -2.54. The van der Waals surface area contributed by atoms with Crippen molar-refractivity contribution in [1.82, 2.24) is 0 Å². The van der Waals surface area contributed by atoms with Crippen LogP contribution in [0, 0.1) is 17.8 Å². The van der Waals surface area contributed by atoms with E-state index < -0.39 is 0 Å². The van der Waals surface area contributed by atoms with E-state index in [1.165, 1.54) is 48.9 Å². The highest BCUT2D eigenvalue weighted by molar-refractivity contribution is 5.68. The maximum atomic E-state index is 3.58. The molecule has 0 radical (unpaired) electrons. The third-order valence-corrected chi connectivity index (χ3v) is 7.73. The van der Waals surface area contributed by atoms with Gasteiger partial charge >= 0.3 is 0 Å². The van der Waals surface area contributed by atoms with Gasteiger partial charge in [-0.3, -0.25) is 0 Å². The topological polar surface area (TPSA) is 12.0 Å². The molecule has 3 aromatic carbocycles. The molecule has 4 aliphatic rings. The molecule has 0 amide bonds. The molecule has 140 valence electrons. The number of rotatable bonds is 4. The van der Waals surface area contributed by atoms with Gasteiger partial charge in [0.25, 0.3) is 0 Å². The molecule has 4 fully saturated rings. The van der Waals surface area contributed by atoms with Crippen LogP contribution in [0.25, 0.3) is 11.1 Å². The lowest BCUT2D eigenvalue weighted by Crippen LogP contribution is -2.27. The summed E-state index contributed by atoms with van der Waals surface area (Å²) >= 11 is 0. The van der Waals surface area contributed by atoms with Crippen molar-refractivity contribution in [1.29, 1.82) is 0 Å². The molecule has 28 heavy (non-hydrogen) atoms. The van der Waals surface area contributed by atoms with Gasteiger partial charge in [0.1, 0.15) is 0 Å². The van der Waals surface area contributed by atoms with E-state index in [2.05, 4.69) is 84.2 Å². The zero-order valence-electron chi connectivity index (χ0n) is 16.3. The summed E-state index contributed by atoms with van der Waals surface area (Å²) in [6, 6.07) is 28.7. The number of nitrogens with one attached hydrogen (secondary N) is 1. The Morgan fingerprint density at radius 2 is 1.18 bits per heavy atom. The summed E-state index contributed by atoms with van der Waals surface area (Å²) in [7, 11) is 0. The second-order valence-electron chi connectivity index (χ2n) is 9.35. The Bertz CT molecular complexity index is 957. The maximum Gasteiger partial charge on any atom is 0.0384 e. The van der Waals surface area contributed by atoms with Crippen LogP contribution in [0.3, 0.4) is 0 Å². The molecule has 1 N–H and O–H groups in total. The summed E-state index contributed by atoms with van der Waals surface area (Å²) in [5.41, 5.74) is 6.97. The second kappa shape index (κ2) is 6.24. The van der Waals surface area contributed by atoms with E-state index in [0.717, 1.165) is 23.4 Å². The van der Waals surface area contributed by atoms with E-state index in [4.69, 9.17) is 0 Å². The van der Waals surface area contributed by atoms with E-state index >= 15 is 0 Å². The lowest BCUT2D eigenvalue weighted by Gasteiger charge is -2.33. The Kier molecular flexibility index (Phi) is 3.66. The average molecular weight is 366 g/mol. The van der Waals surface area contributed by atoms with E-state index in [-0.39, 0.29) is 0 Å². The summed E-state index contributed by atoms with van der Waals surface area (Å²) in [6.45, 7) is 0. The Morgan fingerprint density at radius 3 is 1.82 bits per heavy atom. The molecule has 0 heterocycles. The minimum Gasteiger partial charge on any atom is -0.356 e. The van der Waals surface area contributed by atoms with Gasteiger partial charge in [0.05, 0.1) is 0 Å². The molecular formula is C27H27N. The van der Waals surface area contributed by atoms with Gasteiger partial charge in [0, 0.05) is 11.4 Å². The molecule has 0 aromatic heterocycles. The largest absolute Gasteiger partial charge is 0.356 e. The zero-order valence-corrected chi connectivity index (χ0v) is 16.3. The molecule has 2 atom stereocenters. The Morgan fingerprint density at radius 1 is 0.607 bits per heavy atom. The molecule has 4 aliphatic carbocycles. The van der Waals surface area contributed by atoms with E-state index in [9.17, 15) is 0 Å². The maximum absolute atomic E-state index is 3.58. The van der Waals surface area contributed by atoms with Gasteiger partial charge in [-0.15, -0.1) is 0 Å². The third-order valence-electron chi connectivity index (χ3n) is 7.73. The first-order valence-electron chi connectivity index (χ1n) is 10.8. The lowest BCUT2D eigenvalue weighted by atomic mass is 9.71. The van der Waals surface area contributed by atoms with Crippen molar-refractivity contribution in [3.05, 3.63) is 84.4 Å². The Labute approximate surface area is 167 Å². The van der Waals surface area contributed by atoms with Crippen LogP contribution >= 0.6 is 0 Å². The highest BCUT2D eigenvalue weighted by Crippen LogP contribution is 2.65. The lowest BCUT2D eigenvalue weighted by molar-refractivity contribution is 0.266. The van der Waals surface area contributed by atoms with Crippen LogP contribution < -0.4 is 5.32 Å². The van der Waals surface area contributed by atoms with Gasteiger partial charge in [-0.2, -0.15) is 0 Å². The van der Waals surface area contributed by atoms with Crippen molar-refractivity contribution in [3.63, 3.8) is 0 Å². The molecule has 4 bridgehead atoms. The first-order valence-corrected chi connectivity index (χ1v) is 10.8. The number of hydrogen-bond acceptors (Lipinski definition) is 1. The number of benzene rings is 3. The van der Waals surface area contributed by atoms with Crippen LogP contribution in [-0.4, -0.2) is 0 Å². The molecule has 2 unspecified atom stereocenters. The molecule has 3 aromatic rings. The van der Waals surface area contributed by atoms with E-state index in [1.807, 2.05) is 0 Å². The Balaban J connectivity index is 1.19. The van der Waals surface area contributed by atoms with E-state index in [0.29, 0.717) is 5.41 Å². The van der Waals surface area contributed by atoms with Gasteiger partial charge in [0.2, 0.25) is 0 Å². The minimum absolute atomic E-state index is 0.517. The van der Waals surface area contributed by atoms with Gasteiger partial charge in [-0.25, -0.2) is 0 Å². The molecule has 7 rings (SSSR count). The monoisotopic (exact) mass is 365 g/mol. The number of anilines is 2. The standard InChI is InChI=1S/C27H27N/c1-2-4-21(5-3-1)22-6-10-25(11-7-22)28-26-12-8-23(9-13-26)27-17-19-14-20(18-27)16-24(27)15-19/h1-13,19-20,24,28H,14-18H2. The van der Waals surface area contributed by atoms with Crippen molar-refractivity contribution in [2.45, 2.75) is 37.5 Å². The van der Waals surface area contributed by atoms with Gasteiger partial charge < -0.3 is 5.32 Å². The predicted octanol–water partition coefficient (Wildman–Crippen LogP) is 7.17. The van der Waals surface area contributed by atoms with Crippen molar-refractivity contribution in [3.8, 4) is 11.1 Å². The highest BCUT2D eigenvalue weighted by atomic mass is 14.9. The fourth-order valence-electron chi connectivity index (χ4n) is 6.70. The van der Waals surface area contributed by atoms with Crippen molar-refractivity contribution >= 4 is 11.4 Å². The SMILES string of the molecule is c1ccc(-c2ccc(Nc3ccc(C45CC6CC(CC4C6)C5)cc3)cc2)cc1. The van der Waals surface area contributed by atoms with Crippen molar-refractivity contribution in [2.75, 3.05) is 5.32 Å². The van der Waals surface area contributed by atoms with Gasteiger partial charge in [0.15, 0.2) is 0 Å². The predicted molar refractivity (Wildman–Crippen MR) is 117 cm³/mol. The quantitative estimate of drug-likeness (QED) is 0.516. The normalized spacial score (nSPS) is 29.9. The first kappa shape index (κ1) is 16.4. The molecule has 4 saturated carbocycles. The van der Waals surface area contributed by atoms with Gasteiger partial charge in [-0.1, -0.05) is 54.6 Å².